The standard InChI is InChI=1S/C18H20Cl2N2OS2/c19-14-8-6-13(7-9-14)16(17(20)22-11-10-21-12-22)25-18(24)23-15-4-2-1-3-5-15/h6-12,15-17H,1-5H2. The van der Waals surface area contributed by atoms with E-state index in [-0.39, 0.29) is 16.9 Å². The van der Waals surface area contributed by atoms with Crippen molar-refractivity contribution in [3.05, 3.63) is 53.6 Å². The fraction of sp³-hybridized carbons (Fsp3) is 0.444. The van der Waals surface area contributed by atoms with Crippen molar-refractivity contribution in [3.8, 4) is 0 Å². The number of benzene rings is 1. The average molecular weight is 415 g/mol. The molecule has 0 bridgehead atoms. The Balaban J connectivity index is 1.73. The number of imidazole rings is 1. The van der Waals surface area contributed by atoms with Crippen molar-refractivity contribution in [2.45, 2.75) is 49.0 Å². The van der Waals surface area contributed by atoms with Gasteiger partial charge in [-0.1, -0.05) is 53.5 Å². The van der Waals surface area contributed by atoms with Crippen molar-refractivity contribution in [1.29, 1.82) is 0 Å². The van der Waals surface area contributed by atoms with Crippen LogP contribution in [-0.4, -0.2) is 20.0 Å². The minimum absolute atomic E-state index is 0.0933. The van der Waals surface area contributed by atoms with E-state index in [1.54, 1.807) is 12.5 Å². The van der Waals surface area contributed by atoms with Gasteiger partial charge in [0.1, 0.15) is 11.6 Å². The van der Waals surface area contributed by atoms with Crippen LogP contribution in [0.15, 0.2) is 43.0 Å². The molecule has 25 heavy (non-hydrogen) atoms. The van der Waals surface area contributed by atoms with E-state index in [9.17, 15) is 0 Å². The molecule has 0 N–H and O–H groups in total. The number of nitrogens with zero attached hydrogens (tertiary/aromatic N) is 2. The number of thiocarbonyl (C=S) groups is 1. The van der Waals surface area contributed by atoms with Crippen LogP contribution in [0.2, 0.25) is 5.02 Å². The van der Waals surface area contributed by atoms with Gasteiger partial charge < -0.3 is 9.30 Å². The van der Waals surface area contributed by atoms with Gasteiger partial charge in [0.05, 0.1) is 11.6 Å². The van der Waals surface area contributed by atoms with Crippen molar-refractivity contribution in [2.24, 2.45) is 0 Å². The molecule has 0 amide bonds. The third-order valence-electron chi connectivity index (χ3n) is 4.30. The Morgan fingerprint density at radius 3 is 2.60 bits per heavy atom. The Kier molecular flexibility index (Phi) is 7.05. The Morgan fingerprint density at radius 2 is 1.96 bits per heavy atom. The number of ether oxygens (including phenoxy) is 1. The summed E-state index contributed by atoms with van der Waals surface area (Å²) in [5.74, 6) is 0. The fourth-order valence-corrected chi connectivity index (χ4v) is 4.89. The molecule has 1 aliphatic carbocycles. The molecule has 2 unspecified atom stereocenters. The molecule has 0 spiro atoms. The van der Waals surface area contributed by atoms with Gasteiger partial charge in [-0.2, -0.15) is 0 Å². The highest BCUT2D eigenvalue weighted by atomic mass is 35.5. The van der Waals surface area contributed by atoms with E-state index in [1.165, 1.54) is 31.0 Å². The number of alkyl halides is 1. The summed E-state index contributed by atoms with van der Waals surface area (Å²) in [6.45, 7) is 0. The molecule has 7 heteroatoms. The van der Waals surface area contributed by atoms with Crippen LogP contribution in [0, 0.1) is 0 Å². The molecule has 3 nitrogen and oxygen atoms in total. The molecule has 134 valence electrons. The number of aromatic nitrogens is 2. The molecule has 2 aromatic rings. The molecular formula is C18H20Cl2N2OS2. The molecule has 0 aliphatic heterocycles. The van der Waals surface area contributed by atoms with Crippen molar-refractivity contribution >= 4 is 51.6 Å². The van der Waals surface area contributed by atoms with E-state index in [2.05, 4.69) is 4.98 Å². The monoisotopic (exact) mass is 414 g/mol. The lowest BCUT2D eigenvalue weighted by molar-refractivity contribution is 0.152. The van der Waals surface area contributed by atoms with Crippen LogP contribution in [0.25, 0.3) is 0 Å². The lowest BCUT2D eigenvalue weighted by atomic mass is 9.98. The molecule has 0 saturated heterocycles. The lowest BCUT2D eigenvalue weighted by Gasteiger charge is -2.27. The lowest BCUT2D eigenvalue weighted by Crippen LogP contribution is -2.20. The Bertz CT molecular complexity index is 673. The molecule has 1 fully saturated rings. The second kappa shape index (κ2) is 9.26. The van der Waals surface area contributed by atoms with Crippen molar-refractivity contribution < 1.29 is 4.74 Å². The van der Waals surface area contributed by atoms with Gasteiger partial charge in [0.25, 0.3) is 0 Å². The Labute approximate surface area is 168 Å². The van der Waals surface area contributed by atoms with Gasteiger partial charge in [-0.25, -0.2) is 4.98 Å². The van der Waals surface area contributed by atoms with Gasteiger partial charge in [-0.05, 0) is 55.6 Å². The predicted molar refractivity (Wildman–Crippen MR) is 109 cm³/mol. The number of thioether (sulfide) groups is 1. The number of rotatable bonds is 5. The zero-order valence-electron chi connectivity index (χ0n) is 13.7. The van der Waals surface area contributed by atoms with E-state index in [0.29, 0.717) is 9.41 Å². The first kappa shape index (κ1) is 19.0. The first-order chi connectivity index (χ1) is 12.1. The quantitative estimate of drug-likeness (QED) is 0.418. The predicted octanol–water partition coefficient (Wildman–Crippen LogP) is 6.38. The van der Waals surface area contributed by atoms with Crippen LogP contribution in [0.3, 0.4) is 0 Å². The summed E-state index contributed by atoms with van der Waals surface area (Å²) >= 11 is 19.8. The molecule has 1 heterocycles. The summed E-state index contributed by atoms with van der Waals surface area (Å²) < 4.78 is 8.44. The van der Waals surface area contributed by atoms with E-state index in [4.69, 9.17) is 40.2 Å². The highest BCUT2D eigenvalue weighted by Gasteiger charge is 2.27. The van der Waals surface area contributed by atoms with Crippen LogP contribution in [0.1, 0.15) is 48.4 Å². The molecule has 1 aromatic carbocycles. The molecule has 1 saturated carbocycles. The average Bonchev–Trinajstić information content (AvgIpc) is 3.15. The van der Waals surface area contributed by atoms with Crippen LogP contribution < -0.4 is 0 Å². The van der Waals surface area contributed by atoms with Gasteiger partial charge in [-0.15, -0.1) is 0 Å². The third kappa shape index (κ3) is 5.36. The van der Waals surface area contributed by atoms with Gasteiger partial charge in [0.2, 0.25) is 4.38 Å². The zero-order valence-corrected chi connectivity index (χ0v) is 16.8. The van der Waals surface area contributed by atoms with Gasteiger partial charge >= 0.3 is 0 Å². The number of hydrogen-bond acceptors (Lipinski definition) is 4. The molecule has 0 radical (unpaired) electrons. The summed E-state index contributed by atoms with van der Waals surface area (Å²) in [4.78, 5) is 4.09. The Hall–Kier alpha value is -0.750. The highest BCUT2D eigenvalue weighted by molar-refractivity contribution is 8.22. The van der Waals surface area contributed by atoms with Gasteiger partial charge in [0, 0.05) is 17.4 Å². The van der Waals surface area contributed by atoms with Crippen LogP contribution >= 0.6 is 47.2 Å². The molecule has 1 aliphatic rings. The molecular weight excluding hydrogens is 395 g/mol. The summed E-state index contributed by atoms with van der Waals surface area (Å²) in [6.07, 6.45) is 11.4. The first-order valence-electron chi connectivity index (χ1n) is 8.38. The summed E-state index contributed by atoms with van der Waals surface area (Å²) in [7, 11) is 0. The highest BCUT2D eigenvalue weighted by Crippen LogP contribution is 2.43. The minimum Gasteiger partial charge on any atom is -0.475 e. The summed E-state index contributed by atoms with van der Waals surface area (Å²) in [5.41, 5.74) is 0.722. The number of halogens is 2. The zero-order chi connectivity index (χ0) is 17.6. The fourth-order valence-electron chi connectivity index (χ4n) is 2.96. The second-order valence-electron chi connectivity index (χ2n) is 6.10. The SMILES string of the molecule is S=C(OC1CCCCC1)SC(c1ccc(Cl)cc1)C(Cl)n1ccnc1. The first-order valence-corrected chi connectivity index (χ1v) is 10.5. The molecule has 2 atom stereocenters. The maximum absolute atomic E-state index is 6.73. The maximum Gasteiger partial charge on any atom is 0.220 e. The summed E-state index contributed by atoms with van der Waals surface area (Å²) in [5, 5.41) is 0.603. The van der Waals surface area contributed by atoms with Crippen LogP contribution in [0.5, 0.6) is 0 Å². The number of hydrogen-bond donors (Lipinski definition) is 0. The largest absolute Gasteiger partial charge is 0.475 e. The minimum atomic E-state index is -0.332. The van der Waals surface area contributed by atoms with Crippen LogP contribution in [-0.2, 0) is 4.74 Å². The normalized spacial score (nSPS) is 17.8. The van der Waals surface area contributed by atoms with E-state index < -0.39 is 0 Å². The van der Waals surface area contributed by atoms with Crippen LogP contribution in [0.4, 0.5) is 0 Å². The topological polar surface area (TPSA) is 27.1 Å². The maximum atomic E-state index is 6.73. The van der Waals surface area contributed by atoms with Crippen molar-refractivity contribution in [1.82, 2.24) is 9.55 Å². The summed E-state index contributed by atoms with van der Waals surface area (Å²) in [6, 6.07) is 7.70. The molecule has 1 aromatic heterocycles. The second-order valence-corrected chi connectivity index (χ2v) is 8.73. The smallest absolute Gasteiger partial charge is 0.220 e. The van der Waals surface area contributed by atoms with E-state index >= 15 is 0 Å². The van der Waals surface area contributed by atoms with Crippen molar-refractivity contribution in [3.63, 3.8) is 0 Å². The van der Waals surface area contributed by atoms with E-state index in [1.807, 2.05) is 35.0 Å². The van der Waals surface area contributed by atoms with Gasteiger partial charge in [0.15, 0.2) is 0 Å². The third-order valence-corrected chi connectivity index (χ3v) is 6.63. The van der Waals surface area contributed by atoms with Crippen molar-refractivity contribution in [2.75, 3.05) is 0 Å². The Morgan fingerprint density at radius 1 is 1.24 bits per heavy atom. The van der Waals surface area contributed by atoms with E-state index in [0.717, 1.165) is 18.4 Å². The van der Waals surface area contributed by atoms with Gasteiger partial charge in [-0.3, -0.25) is 0 Å². The molecule has 3 rings (SSSR count).